The second-order valence-electron chi connectivity index (χ2n) is 11.1. The summed E-state index contributed by atoms with van der Waals surface area (Å²) < 4.78 is 0. The van der Waals surface area contributed by atoms with Crippen LogP contribution >= 0.6 is 67.8 Å². The molecule has 4 aliphatic rings. The molecule has 8 N–H and O–H groups in total. The third kappa shape index (κ3) is 7.57. The van der Waals surface area contributed by atoms with Gasteiger partial charge in [-0.15, -0.1) is 46.2 Å². The van der Waals surface area contributed by atoms with Crippen molar-refractivity contribution < 1.29 is 48.7 Å². The minimum Gasteiger partial charge on any atom is -0.477 e. The molecule has 0 aromatic carbocycles. The molecule has 26 heteroatoms. The average molecular weight is 857 g/mol. The first-order chi connectivity index (χ1) is 25.9. The van der Waals surface area contributed by atoms with Gasteiger partial charge in [0.05, 0.1) is 0 Å². The minimum atomic E-state index is -1.31. The molecule has 6 rings (SSSR count). The molecule has 4 atom stereocenters. The molecule has 0 spiro atoms. The Kier molecular flexibility index (Phi) is 12.0. The smallest absolute Gasteiger partial charge is 0.352 e. The number of carboxylic acids is 2. The Morgan fingerprint density at radius 2 is 1.19 bits per heavy atom. The summed E-state index contributed by atoms with van der Waals surface area (Å²) in [5.74, 6) is -4.44. The Labute approximate surface area is 329 Å². The van der Waals surface area contributed by atoms with Crippen LogP contribution in [0.25, 0.3) is 0 Å². The first-order valence-corrected chi connectivity index (χ1v) is 21.5. The summed E-state index contributed by atoms with van der Waals surface area (Å²) in [5.41, 5.74) is 11.8. The predicted molar refractivity (Wildman–Crippen MR) is 204 cm³/mol. The average Bonchev–Trinajstić information content (AvgIpc) is 3.78. The molecule has 6 heterocycles. The topological polar surface area (TPSA) is 294 Å². The second-order valence-corrected chi connectivity index (χ2v) is 17.6. The monoisotopic (exact) mass is 856 g/mol. The lowest BCUT2D eigenvalue weighted by Crippen LogP contribution is -2.71. The number of nitrogens with zero attached hydrogens (tertiary/aromatic N) is 6. The van der Waals surface area contributed by atoms with Crippen LogP contribution in [-0.4, -0.2) is 137 Å². The van der Waals surface area contributed by atoms with E-state index in [1.165, 1.54) is 70.1 Å². The number of aromatic nitrogens is 2. The minimum absolute atomic E-state index is 0.156. The Morgan fingerprint density at radius 1 is 0.796 bits per heavy atom. The summed E-state index contributed by atoms with van der Waals surface area (Å²) in [4.78, 5) is 97.1. The molecule has 4 unspecified atom stereocenters. The molecule has 2 fully saturated rings. The molecule has 0 bridgehead atoms. The zero-order chi connectivity index (χ0) is 38.8. The highest BCUT2D eigenvalue weighted by Gasteiger charge is 2.56. The summed E-state index contributed by atoms with van der Waals surface area (Å²) >= 11 is 4.74. The van der Waals surface area contributed by atoms with Crippen LogP contribution in [0.4, 0.5) is 10.3 Å². The number of β-lactam (4-membered cyclic amide) rings is 2. The van der Waals surface area contributed by atoms with Crippen LogP contribution in [0.15, 0.2) is 43.6 Å². The van der Waals surface area contributed by atoms with Gasteiger partial charge in [-0.3, -0.25) is 29.0 Å². The number of nitrogen functional groups attached to an aromatic ring is 2. The number of nitrogens with one attached hydrogen (secondary N) is 2. The van der Waals surface area contributed by atoms with E-state index in [2.05, 4.69) is 30.9 Å². The zero-order valence-corrected chi connectivity index (χ0v) is 32.6. The Hall–Kier alpha value is -4.50. The number of hydrogen-bond acceptors (Lipinski definition) is 20. The predicted octanol–water partition coefficient (Wildman–Crippen LogP) is 0.0238. The van der Waals surface area contributed by atoms with Gasteiger partial charge in [-0.25, -0.2) is 19.6 Å². The Bertz CT molecular complexity index is 1910. The first kappa shape index (κ1) is 39.2. The second kappa shape index (κ2) is 16.5. The van der Waals surface area contributed by atoms with E-state index in [1.54, 1.807) is 0 Å². The first-order valence-electron chi connectivity index (χ1n) is 15.2. The lowest BCUT2D eigenvalue weighted by molar-refractivity contribution is -0.150. The highest BCUT2D eigenvalue weighted by Crippen LogP contribution is 2.44. The maximum Gasteiger partial charge on any atom is 0.352 e. The van der Waals surface area contributed by atoms with Crippen LogP contribution in [0.1, 0.15) is 11.4 Å². The third-order valence-corrected chi connectivity index (χ3v) is 14.3. The van der Waals surface area contributed by atoms with Crippen molar-refractivity contribution in [1.82, 2.24) is 30.4 Å². The Morgan fingerprint density at radius 3 is 1.50 bits per heavy atom. The number of amides is 4. The highest BCUT2D eigenvalue weighted by atomic mass is 33.1. The van der Waals surface area contributed by atoms with Crippen molar-refractivity contribution >= 4 is 125 Å². The highest BCUT2D eigenvalue weighted by molar-refractivity contribution is 8.76. The molecule has 0 radical (unpaired) electrons. The number of oxime groups is 2. The SMILES string of the molecule is CON=C(C(=O)NC1C(=O)N2C(C(=O)O)=C(CSSCC3=C(C(=O)O)N4C(=O)C(NC(=O)C(=NOC)c5csc(N)n5)C4SC3)CSC12)c1csc(N)n1. The maximum absolute atomic E-state index is 13.2. The van der Waals surface area contributed by atoms with Crippen molar-refractivity contribution in [3.63, 3.8) is 0 Å². The molecule has 0 aliphatic carbocycles. The van der Waals surface area contributed by atoms with Crippen molar-refractivity contribution in [3.8, 4) is 0 Å². The van der Waals surface area contributed by atoms with E-state index in [4.69, 9.17) is 21.1 Å². The number of hydrogen-bond donors (Lipinski definition) is 6. The lowest BCUT2D eigenvalue weighted by atomic mass is 10.0. The van der Waals surface area contributed by atoms with Crippen LogP contribution < -0.4 is 22.1 Å². The summed E-state index contributed by atoms with van der Waals surface area (Å²) in [7, 11) is 5.02. The molecular weight excluding hydrogens is 829 g/mol. The number of thiazole rings is 2. The number of thioether (sulfide) groups is 2. The van der Waals surface area contributed by atoms with Gasteiger partial charge in [-0.2, -0.15) is 0 Å². The fourth-order valence-electron chi connectivity index (χ4n) is 5.62. The number of nitrogens with two attached hydrogens (primary N) is 2. The molecular formula is C28H28N10O10S6. The maximum atomic E-state index is 13.2. The van der Waals surface area contributed by atoms with E-state index in [9.17, 15) is 39.0 Å². The van der Waals surface area contributed by atoms with Crippen LogP contribution in [0.2, 0.25) is 0 Å². The quantitative estimate of drug-likeness (QED) is 0.0453. The summed E-state index contributed by atoms with van der Waals surface area (Å²) in [5, 5.41) is 34.8. The van der Waals surface area contributed by atoms with Gasteiger partial charge in [0.1, 0.15) is 59.8 Å². The summed E-state index contributed by atoms with van der Waals surface area (Å²) in [6.45, 7) is 0. The van der Waals surface area contributed by atoms with Gasteiger partial charge < -0.3 is 42.0 Å². The molecule has 4 aliphatic heterocycles. The summed E-state index contributed by atoms with van der Waals surface area (Å²) in [6, 6.07) is -2.05. The largest absolute Gasteiger partial charge is 0.477 e. The number of carboxylic acid groups (broad SMARTS) is 2. The van der Waals surface area contributed by atoms with E-state index in [0.717, 1.165) is 32.5 Å². The molecule has 2 aromatic rings. The third-order valence-electron chi connectivity index (χ3n) is 7.95. The van der Waals surface area contributed by atoms with Gasteiger partial charge >= 0.3 is 11.9 Å². The number of aliphatic carboxylic acids is 2. The lowest BCUT2D eigenvalue weighted by Gasteiger charge is -2.49. The molecule has 286 valence electrons. The zero-order valence-electron chi connectivity index (χ0n) is 27.7. The van der Waals surface area contributed by atoms with Crippen LogP contribution in [0.5, 0.6) is 0 Å². The van der Waals surface area contributed by atoms with Crippen LogP contribution in [0, 0.1) is 0 Å². The van der Waals surface area contributed by atoms with Crippen molar-refractivity contribution in [2.75, 3.05) is 48.7 Å². The van der Waals surface area contributed by atoms with Crippen LogP contribution in [-0.2, 0) is 38.4 Å². The van der Waals surface area contributed by atoms with Crippen molar-refractivity contribution in [3.05, 3.63) is 44.7 Å². The fraction of sp³-hybridized carbons (Fsp3) is 0.357. The van der Waals surface area contributed by atoms with E-state index in [-0.39, 0.29) is 67.5 Å². The van der Waals surface area contributed by atoms with E-state index < -0.39 is 58.4 Å². The van der Waals surface area contributed by atoms with Gasteiger partial charge in [-0.05, 0) is 11.1 Å². The summed E-state index contributed by atoms with van der Waals surface area (Å²) in [6.07, 6.45) is 0. The number of carbonyl (C=O) groups is 6. The van der Waals surface area contributed by atoms with Gasteiger partial charge in [0.2, 0.25) is 0 Å². The molecule has 0 saturated carbocycles. The van der Waals surface area contributed by atoms with Crippen molar-refractivity contribution in [2.24, 2.45) is 10.3 Å². The van der Waals surface area contributed by atoms with Crippen molar-refractivity contribution in [1.29, 1.82) is 0 Å². The van der Waals surface area contributed by atoms with Gasteiger partial charge in [0.15, 0.2) is 21.7 Å². The fourth-order valence-corrected chi connectivity index (χ4v) is 11.9. The number of carbonyl (C=O) groups excluding carboxylic acids is 4. The molecule has 2 aromatic heterocycles. The molecule has 54 heavy (non-hydrogen) atoms. The normalized spacial score (nSPS) is 22.6. The molecule has 4 amide bonds. The number of rotatable bonds is 15. The van der Waals surface area contributed by atoms with Crippen LogP contribution in [0.3, 0.4) is 0 Å². The van der Waals surface area contributed by atoms with Gasteiger partial charge in [-0.1, -0.05) is 31.9 Å². The van der Waals surface area contributed by atoms with E-state index >= 15 is 0 Å². The van der Waals surface area contributed by atoms with E-state index in [0.29, 0.717) is 11.1 Å². The standard InChI is InChI=1S/C28H28N10O10S6/c1-47-35-13(11-7-51-27(29)31-11)19(39)33-15-21(41)37-17(25(43)44)9(3-49-23(15)37)5-53-54-6-10-4-50-24-16(22(42)38(24)18(10)26(45)46)34-20(40)14(36-48-2)12-8-52-28(30)32-12/h7-8,15-16,23-24H,3-6H2,1-2H3,(H2,29,31)(H2,30,32)(H,33,39)(H,34,40)(H,43,44)(H,45,46). The van der Waals surface area contributed by atoms with Gasteiger partial charge in [0, 0.05) is 33.8 Å². The Balaban J connectivity index is 1.06. The van der Waals surface area contributed by atoms with E-state index in [1.807, 2.05) is 0 Å². The molecule has 2 saturated heterocycles. The molecule has 20 nitrogen and oxygen atoms in total. The van der Waals surface area contributed by atoms with Crippen molar-refractivity contribution in [2.45, 2.75) is 22.8 Å². The number of fused-ring (bicyclic) bond motifs is 2. The van der Waals surface area contributed by atoms with Gasteiger partial charge in [0.25, 0.3) is 23.6 Å². The number of anilines is 2.